The second-order valence-electron chi connectivity index (χ2n) is 3.53. The standard InChI is InChI=1S/C9H18N2O3/c1-9(2,3)14-7(12)5-4-6(10)8(11)13/h6H,4-5,10H2,1-3H3,(H2,11,13)/t6-/m0/s1/i4D2,5D2,6D. The van der Waals surface area contributed by atoms with Gasteiger partial charge in [-0.05, 0) is 27.1 Å². The van der Waals surface area contributed by atoms with Crippen molar-refractivity contribution in [3.63, 3.8) is 0 Å². The highest BCUT2D eigenvalue weighted by molar-refractivity contribution is 5.80. The van der Waals surface area contributed by atoms with Crippen LogP contribution in [0.1, 0.15) is 40.4 Å². The molecule has 0 heterocycles. The zero-order valence-electron chi connectivity index (χ0n) is 13.4. The number of primary amides is 1. The Hall–Kier alpha value is -1.10. The summed E-state index contributed by atoms with van der Waals surface area (Å²) >= 11 is 0. The number of carbonyl (C=O) groups excluding carboxylic acids is 2. The number of ether oxygens (including phenoxy) is 1. The topological polar surface area (TPSA) is 95.4 Å². The van der Waals surface area contributed by atoms with Crippen LogP contribution in [-0.2, 0) is 14.3 Å². The molecule has 0 fully saturated rings. The Morgan fingerprint density at radius 2 is 2.07 bits per heavy atom. The van der Waals surface area contributed by atoms with Crippen LogP contribution in [0.3, 0.4) is 0 Å². The molecular formula is C9H18N2O3. The number of hydrogen-bond donors (Lipinski definition) is 2. The van der Waals surface area contributed by atoms with Crippen LogP contribution < -0.4 is 11.5 Å². The SMILES string of the molecule is [2H]C([2H])(C(=O)OC(C)(C)C)C([2H])([2H])[C@]([2H])(N)C(N)=O. The molecule has 0 aliphatic heterocycles. The van der Waals surface area contributed by atoms with Crippen LogP contribution in [0, 0.1) is 0 Å². The number of rotatable bonds is 4. The summed E-state index contributed by atoms with van der Waals surface area (Å²) < 4.78 is 42.0. The first kappa shape index (κ1) is 6.40. The van der Waals surface area contributed by atoms with E-state index in [-0.39, 0.29) is 0 Å². The van der Waals surface area contributed by atoms with Crippen LogP contribution in [0.5, 0.6) is 0 Å². The van der Waals surface area contributed by atoms with Crippen LogP contribution in [0.25, 0.3) is 0 Å². The average Bonchev–Trinajstić information content (AvgIpc) is 2.13. The average molecular weight is 207 g/mol. The molecule has 0 radical (unpaired) electrons. The Morgan fingerprint density at radius 1 is 1.57 bits per heavy atom. The van der Waals surface area contributed by atoms with E-state index in [2.05, 4.69) is 0 Å². The molecule has 0 unspecified atom stereocenters. The van der Waals surface area contributed by atoms with E-state index < -0.39 is 36.2 Å². The van der Waals surface area contributed by atoms with Crippen molar-refractivity contribution in [2.45, 2.75) is 45.1 Å². The Balaban J connectivity index is 5.52. The van der Waals surface area contributed by atoms with E-state index in [9.17, 15) is 9.59 Å². The van der Waals surface area contributed by atoms with Gasteiger partial charge in [-0.1, -0.05) is 0 Å². The fourth-order valence-electron chi connectivity index (χ4n) is 0.484. The van der Waals surface area contributed by atoms with Gasteiger partial charge in [0.05, 0.1) is 7.39 Å². The summed E-state index contributed by atoms with van der Waals surface area (Å²) in [4.78, 5) is 22.6. The molecule has 4 N–H and O–H groups in total. The summed E-state index contributed by atoms with van der Waals surface area (Å²) in [5, 5.41) is 0. The summed E-state index contributed by atoms with van der Waals surface area (Å²) in [6.45, 7) is 4.38. The van der Waals surface area contributed by atoms with Gasteiger partial charge in [0.1, 0.15) is 5.60 Å². The van der Waals surface area contributed by atoms with Crippen molar-refractivity contribution in [2.75, 3.05) is 0 Å². The van der Waals surface area contributed by atoms with Gasteiger partial charge in [0, 0.05) is 11.9 Å². The molecule has 0 aliphatic carbocycles. The number of hydrogen-bond acceptors (Lipinski definition) is 4. The molecule has 0 saturated heterocycles. The molecule has 0 rings (SSSR count). The molecule has 0 saturated carbocycles. The molecule has 0 aromatic carbocycles. The molecule has 5 nitrogen and oxygen atoms in total. The molecule has 1 amide bonds. The third-order valence-electron chi connectivity index (χ3n) is 0.964. The van der Waals surface area contributed by atoms with Gasteiger partial charge in [0.15, 0.2) is 0 Å². The molecule has 0 aliphatic rings. The van der Waals surface area contributed by atoms with Gasteiger partial charge in [-0.2, -0.15) is 0 Å². The van der Waals surface area contributed by atoms with Crippen LogP contribution in [-0.4, -0.2) is 23.5 Å². The van der Waals surface area contributed by atoms with Gasteiger partial charge in [-0.3, -0.25) is 9.59 Å². The molecule has 5 heteroatoms. The number of carbonyl (C=O) groups is 2. The van der Waals surface area contributed by atoms with Gasteiger partial charge < -0.3 is 16.2 Å². The maximum Gasteiger partial charge on any atom is 0.306 e. The quantitative estimate of drug-likeness (QED) is 0.630. The lowest BCUT2D eigenvalue weighted by atomic mass is 10.1. The van der Waals surface area contributed by atoms with Gasteiger partial charge in [-0.25, -0.2) is 0 Å². The van der Waals surface area contributed by atoms with E-state index >= 15 is 0 Å². The smallest absolute Gasteiger partial charge is 0.306 e. The third-order valence-corrected chi connectivity index (χ3v) is 0.964. The highest BCUT2D eigenvalue weighted by atomic mass is 16.6. The van der Waals surface area contributed by atoms with E-state index in [4.69, 9.17) is 23.1 Å². The number of esters is 1. The lowest BCUT2D eigenvalue weighted by Crippen LogP contribution is -2.37. The molecule has 0 aromatic rings. The predicted octanol–water partition coefficient (Wildman–Crippen LogP) is -0.0791. The van der Waals surface area contributed by atoms with Crippen molar-refractivity contribution in [2.24, 2.45) is 11.5 Å². The second kappa shape index (κ2) is 4.95. The van der Waals surface area contributed by atoms with E-state index in [1.807, 2.05) is 0 Å². The Kier molecular flexibility index (Phi) is 2.26. The Labute approximate surface area is 90.8 Å². The Morgan fingerprint density at radius 3 is 2.43 bits per heavy atom. The zero-order chi connectivity index (χ0) is 15.9. The van der Waals surface area contributed by atoms with Crippen LogP contribution >= 0.6 is 0 Å². The van der Waals surface area contributed by atoms with Crippen molar-refractivity contribution in [1.82, 2.24) is 0 Å². The fraction of sp³-hybridized carbons (Fsp3) is 0.778. The summed E-state index contributed by atoms with van der Waals surface area (Å²) in [5.74, 6) is -3.15. The van der Waals surface area contributed by atoms with Gasteiger partial charge in [-0.15, -0.1) is 0 Å². The minimum atomic E-state index is -3.37. The molecule has 14 heavy (non-hydrogen) atoms. The van der Waals surface area contributed by atoms with Gasteiger partial charge in [0.2, 0.25) is 5.91 Å². The lowest BCUT2D eigenvalue weighted by Gasteiger charge is -2.19. The van der Waals surface area contributed by atoms with E-state index in [1.54, 1.807) is 0 Å². The van der Waals surface area contributed by atoms with Crippen LogP contribution in [0.2, 0.25) is 0 Å². The highest BCUT2D eigenvalue weighted by Crippen LogP contribution is 2.09. The number of amides is 1. The fourth-order valence-corrected chi connectivity index (χ4v) is 0.484. The Bertz CT molecular complexity index is 390. The monoisotopic (exact) mass is 207 g/mol. The van der Waals surface area contributed by atoms with E-state index in [0.29, 0.717) is 0 Å². The third kappa shape index (κ3) is 6.42. The van der Waals surface area contributed by atoms with Gasteiger partial charge >= 0.3 is 5.97 Å². The van der Waals surface area contributed by atoms with E-state index in [1.165, 1.54) is 20.8 Å². The summed E-state index contributed by atoms with van der Waals surface area (Å²) in [6.07, 6.45) is -6.68. The summed E-state index contributed by atoms with van der Waals surface area (Å²) in [6, 6.07) is -3.12. The molecular weight excluding hydrogens is 184 g/mol. The number of nitrogens with two attached hydrogens (primary N) is 2. The predicted molar refractivity (Wildman–Crippen MR) is 52.2 cm³/mol. The maximum atomic E-state index is 11.7. The summed E-state index contributed by atoms with van der Waals surface area (Å²) in [7, 11) is 0. The normalized spacial score (nSPS) is 23.0. The van der Waals surface area contributed by atoms with E-state index in [0.717, 1.165) is 0 Å². The van der Waals surface area contributed by atoms with Crippen molar-refractivity contribution in [1.29, 1.82) is 0 Å². The maximum absolute atomic E-state index is 11.7. The highest BCUT2D eigenvalue weighted by Gasteiger charge is 2.18. The summed E-state index contributed by atoms with van der Waals surface area (Å²) in [5.41, 5.74) is 8.80. The van der Waals surface area contributed by atoms with Crippen LogP contribution in [0.15, 0.2) is 0 Å². The largest absolute Gasteiger partial charge is 0.460 e. The first-order chi connectivity index (χ1) is 8.07. The zero-order valence-corrected chi connectivity index (χ0v) is 8.38. The van der Waals surface area contributed by atoms with Crippen molar-refractivity contribution in [3.8, 4) is 0 Å². The molecule has 82 valence electrons. The second-order valence-corrected chi connectivity index (χ2v) is 3.53. The lowest BCUT2D eigenvalue weighted by molar-refractivity contribution is -0.155. The molecule has 0 aromatic heterocycles. The first-order valence-electron chi connectivity index (χ1n) is 6.39. The van der Waals surface area contributed by atoms with Crippen molar-refractivity contribution in [3.05, 3.63) is 0 Å². The van der Waals surface area contributed by atoms with Gasteiger partial charge in [0.25, 0.3) is 0 Å². The van der Waals surface area contributed by atoms with Crippen molar-refractivity contribution >= 4 is 11.9 Å². The van der Waals surface area contributed by atoms with Crippen molar-refractivity contribution < 1.29 is 21.2 Å². The molecule has 0 bridgehead atoms. The first-order valence-corrected chi connectivity index (χ1v) is 3.89. The van der Waals surface area contributed by atoms with Crippen LogP contribution in [0.4, 0.5) is 0 Å². The molecule has 0 spiro atoms. The minimum Gasteiger partial charge on any atom is -0.460 e. The molecule has 1 atom stereocenters. The minimum absolute atomic E-state index is 1.06.